The van der Waals surface area contributed by atoms with E-state index in [9.17, 15) is 18.0 Å². The van der Waals surface area contributed by atoms with Crippen molar-refractivity contribution in [3.05, 3.63) is 80.7 Å². The first-order valence-corrected chi connectivity index (χ1v) is 11.2. The Hall–Kier alpha value is -2.60. The number of rotatable bonds is 11. The molecule has 1 heterocycles. The molecule has 3 rings (SSSR count). The van der Waals surface area contributed by atoms with Gasteiger partial charge in [0.15, 0.2) is 11.6 Å². The molecular weight excluding hydrogens is 417 g/mol. The summed E-state index contributed by atoms with van der Waals surface area (Å²) in [5, 5.41) is 0.363. The first-order chi connectivity index (χ1) is 15.5. The Balaban J connectivity index is 1.68. The van der Waals surface area contributed by atoms with Crippen LogP contribution in [0.3, 0.4) is 0 Å². The van der Waals surface area contributed by atoms with Gasteiger partial charge in [0, 0.05) is 19.6 Å². The van der Waals surface area contributed by atoms with E-state index in [2.05, 4.69) is 6.92 Å². The summed E-state index contributed by atoms with van der Waals surface area (Å²) in [7, 11) is 0. The SMILES string of the molecule is CCCCOCCCc1ccc(CCc2ccc3cc(CC)oc(=O)c3c2F)c(F)c1F. The molecule has 0 aliphatic rings. The van der Waals surface area contributed by atoms with Crippen molar-refractivity contribution in [2.24, 2.45) is 0 Å². The molecule has 0 amide bonds. The molecule has 0 unspecified atom stereocenters. The van der Waals surface area contributed by atoms with Crippen molar-refractivity contribution in [1.82, 2.24) is 0 Å². The summed E-state index contributed by atoms with van der Waals surface area (Å²) in [5.74, 6) is -1.94. The van der Waals surface area contributed by atoms with E-state index in [1.54, 1.807) is 30.3 Å². The Morgan fingerprint density at radius 2 is 1.41 bits per heavy atom. The number of unbranched alkanes of at least 4 members (excludes halogenated alkanes) is 1. The Morgan fingerprint density at radius 1 is 0.812 bits per heavy atom. The lowest BCUT2D eigenvalue weighted by atomic mass is 9.98. The molecule has 32 heavy (non-hydrogen) atoms. The van der Waals surface area contributed by atoms with Crippen molar-refractivity contribution in [1.29, 1.82) is 0 Å². The van der Waals surface area contributed by atoms with Crippen LogP contribution in [0.5, 0.6) is 0 Å². The van der Waals surface area contributed by atoms with Gasteiger partial charge in [-0.25, -0.2) is 18.0 Å². The molecule has 0 bridgehead atoms. The first kappa shape index (κ1) is 24.1. The third-order valence-corrected chi connectivity index (χ3v) is 5.63. The number of hydrogen-bond donors (Lipinski definition) is 0. The van der Waals surface area contributed by atoms with Crippen molar-refractivity contribution in [3.63, 3.8) is 0 Å². The highest BCUT2D eigenvalue weighted by molar-refractivity contribution is 5.82. The number of halogens is 3. The average Bonchev–Trinajstić information content (AvgIpc) is 2.79. The molecule has 2 aromatic carbocycles. The summed E-state index contributed by atoms with van der Waals surface area (Å²) in [6, 6.07) is 8.01. The van der Waals surface area contributed by atoms with E-state index >= 15 is 0 Å². The number of fused-ring (bicyclic) bond motifs is 1. The van der Waals surface area contributed by atoms with E-state index in [4.69, 9.17) is 9.15 Å². The highest BCUT2D eigenvalue weighted by atomic mass is 19.2. The van der Waals surface area contributed by atoms with E-state index in [0.717, 1.165) is 12.8 Å². The Bertz CT molecular complexity index is 1120. The Morgan fingerprint density at radius 3 is 2.06 bits per heavy atom. The zero-order valence-corrected chi connectivity index (χ0v) is 18.6. The second-order valence-corrected chi connectivity index (χ2v) is 7.94. The standard InChI is InChI=1S/C26H29F3O3/c1-3-5-14-31-15-6-7-17-8-10-19(25(29)24(17)28)11-9-18-12-13-20-16-21(4-2)32-26(30)22(20)23(18)27/h8,10,12-13,16H,3-7,9,11,14-15H2,1-2H3. The normalized spacial score (nSPS) is 11.4. The van der Waals surface area contributed by atoms with Gasteiger partial charge in [-0.1, -0.05) is 44.5 Å². The minimum atomic E-state index is -0.900. The van der Waals surface area contributed by atoms with Gasteiger partial charge >= 0.3 is 5.63 Å². The van der Waals surface area contributed by atoms with Crippen molar-refractivity contribution >= 4 is 10.8 Å². The molecule has 0 spiro atoms. The smallest absolute Gasteiger partial charge is 0.346 e. The van der Waals surface area contributed by atoms with Crippen molar-refractivity contribution in [3.8, 4) is 0 Å². The van der Waals surface area contributed by atoms with Crippen LogP contribution in [0.15, 0.2) is 39.5 Å². The Kier molecular flexibility index (Phi) is 8.51. The van der Waals surface area contributed by atoms with Gasteiger partial charge in [0.2, 0.25) is 0 Å². The summed E-state index contributed by atoms with van der Waals surface area (Å²) in [6.45, 7) is 5.11. The molecule has 0 saturated carbocycles. The average molecular weight is 447 g/mol. The molecular formula is C26H29F3O3. The zero-order valence-electron chi connectivity index (χ0n) is 18.6. The van der Waals surface area contributed by atoms with Crippen molar-refractivity contribution in [2.75, 3.05) is 13.2 Å². The van der Waals surface area contributed by atoms with Crippen LogP contribution in [0.4, 0.5) is 13.2 Å². The van der Waals surface area contributed by atoms with E-state index in [0.29, 0.717) is 49.2 Å². The monoisotopic (exact) mass is 446 g/mol. The lowest BCUT2D eigenvalue weighted by molar-refractivity contribution is 0.129. The van der Waals surface area contributed by atoms with Gasteiger partial charge in [0.1, 0.15) is 17.0 Å². The van der Waals surface area contributed by atoms with E-state index in [-0.39, 0.29) is 29.4 Å². The van der Waals surface area contributed by atoms with E-state index in [1.807, 2.05) is 6.92 Å². The third-order valence-electron chi connectivity index (χ3n) is 5.63. The lowest BCUT2D eigenvalue weighted by Crippen LogP contribution is -2.07. The van der Waals surface area contributed by atoms with Crippen LogP contribution >= 0.6 is 0 Å². The van der Waals surface area contributed by atoms with Crippen molar-refractivity contribution < 1.29 is 22.3 Å². The van der Waals surface area contributed by atoms with Crippen LogP contribution in [0.1, 0.15) is 55.6 Å². The number of ether oxygens (including phenoxy) is 1. The van der Waals surface area contributed by atoms with Crippen molar-refractivity contribution in [2.45, 2.75) is 58.8 Å². The summed E-state index contributed by atoms with van der Waals surface area (Å²) in [4.78, 5) is 12.2. The van der Waals surface area contributed by atoms with Gasteiger partial charge in [-0.05, 0) is 60.2 Å². The van der Waals surface area contributed by atoms with Gasteiger partial charge in [-0.15, -0.1) is 0 Å². The third kappa shape index (κ3) is 5.60. The topological polar surface area (TPSA) is 39.4 Å². The van der Waals surface area contributed by atoms with Crippen LogP contribution in [-0.2, 0) is 30.4 Å². The maximum absolute atomic E-state index is 14.9. The molecule has 0 radical (unpaired) electrons. The molecule has 0 fully saturated rings. The van der Waals surface area contributed by atoms with Gasteiger partial charge in [-0.2, -0.15) is 0 Å². The molecule has 1 aromatic heterocycles. The number of hydrogen-bond acceptors (Lipinski definition) is 3. The number of benzene rings is 2. The fraction of sp³-hybridized carbons (Fsp3) is 0.423. The molecule has 0 aliphatic heterocycles. The lowest BCUT2D eigenvalue weighted by Gasteiger charge is -2.10. The van der Waals surface area contributed by atoms with Gasteiger partial charge in [0.25, 0.3) is 0 Å². The minimum absolute atomic E-state index is 0.108. The molecule has 172 valence electrons. The molecule has 0 saturated heterocycles. The second-order valence-electron chi connectivity index (χ2n) is 7.94. The molecule has 3 nitrogen and oxygen atoms in total. The molecule has 0 atom stereocenters. The van der Waals surface area contributed by atoms with Gasteiger partial charge < -0.3 is 9.15 Å². The van der Waals surface area contributed by atoms with Crippen LogP contribution in [-0.4, -0.2) is 13.2 Å². The van der Waals surface area contributed by atoms with Crippen LogP contribution in [0.2, 0.25) is 0 Å². The first-order valence-electron chi connectivity index (χ1n) is 11.2. The van der Waals surface area contributed by atoms with E-state index in [1.165, 1.54) is 0 Å². The van der Waals surface area contributed by atoms with Gasteiger partial charge in [0.05, 0.1) is 0 Å². The van der Waals surface area contributed by atoms with Gasteiger partial charge in [-0.3, -0.25) is 0 Å². The summed E-state index contributed by atoms with van der Waals surface area (Å²) in [5.41, 5.74) is 0.0333. The highest BCUT2D eigenvalue weighted by Gasteiger charge is 2.16. The highest BCUT2D eigenvalue weighted by Crippen LogP contribution is 2.23. The largest absolute Gasteiger partial charge is 0.427 e. The fourth-order valence-corrected chi connectivity index (χ4v) is 3.70. The fourth-order valence-electron chi connectivity index (χ4n) is 3.70. The molecule has 0 N–H and O–H groups in total. The Labute approximate surface area is 186 Å². The van der Waals surface area contributed by atoms with E-state index < -0.39 is 23.1 Å². The van der Waals surface area contributed by atoms with Crippen LogP contribution in [0.25, 0.3) is 10.8 Å². The quantitative estimate of drug-likeness (QED) is 0.324. The predicted octanol–water partition coefficient (Wildman–Crippen LogP) is 6.31. The molecule has 6 heteroatoms. The summed E-state index contributed by atoms with van der Waals surface area (Å²) in [6.07, 6.45) is 3.83. The molecule has 3 aromatic rings. The zero-order chi connectivity index (χ0) is 23.1. The summed E-state index contributed by atoms with van der Waals surface area (Å²) < 4.78 is 54.6. The summed E-state index contributed by atoms with van der Waals surface area (Å²) >= 11 is 0. The maximum Gasteiger partial charge on any atom is 0.346 e. The van der Waals surface area contributed by atoms with Crippen LogP contribution in [0, 0.1) is 17.5 Å². The predicted molar refractivity (Wildman–Crippen MR) is 120 cm³/mol. The minimum Gasteiger partial charge on any atom is -0.427 e. The van der Waals surface area contributed by atoms with Crippen LogP contribution < -0.4 is 5.63 Å². The molecule has 0 aliphatic carbocycles. The number of aryl methyl sites for hydroxylation is 4. The maximum atomic E-state index is 14.9. The second kappa shape index (κ2) is 11.3.